The van der Waals surface area contributed by atoms with E-state index in [0.717, 1.165) is 18.8 Å². The molecule has 1 saturated carbocycles. The van der Waals surface area contributed by atoms with E-state index < -0.39 is 0 Å². The highest BCUT2D eigenvalue weighted by atomic mass is 15.2. The maximum absolute atomic E-state index is 6.66. The molecule has 0 amide bonds. The highest BCUT2D eigenvalue weighted by Crippen LogP contribution is 2.43. The summed E-state index contributed by atoms with van der Waals surface area (Å²) in [7, 11) is 0. The minimum Gasteiger partial charge on any atom is -0.322 e. The van der Waals surface area contributed by atoms with Crippen LogP contribution in [0.3, 0.4) is 0 Å². The Morgan fingerprint density at radius 2 is 1.89 bits per heavy atom. The molecule has 1 aliphatic rings. The molecule has 3 heteroatoms. The van der Waals surface area contributed by atoms with Crippen LogP contribution in [0.25, 0.3) is 0 Å². The molecule has 2 rings (SSSR count). The Balaban J connectivity index is 2.30. The highest BCUT2D eigenvalue weighted by molar-refractivity contribution is 5.22. The minimum atomic E-state index is 0.0722. The molecule has 1 unspecified atom stereocenters. The van der Waals surface area contributed by atoms with Gasteiger partial charge in [-0.05, 0) is 44.5 Å². The van der Waals surface area contributed by atoms with Crippen molar-refractivity contribution in [2.45, 2.75) is 58.0 Å². The Labute approximate surface area is 117 Å². The van der Waals surface area contributed by atoms with Crippen LogP contribution in [0.5, 0.6) is 0 Å². The van der Waals surface area contributed by atoms with Crippen molar-refractivity contribution in [1.82, 2.24) is 9.88 Å². The molecule has 0 aliphatic heterocycles. The van der Waals surface area contributed by atoms with Crippen LogP contribution in [0, 0.1) is 6.92 Å². The van der Waals surface area contributed by atoms with Gasteiger partial charge in [-0.3, -0.25) is 9.88 Å². The highest BCUT2D eigenvalue weighted by Gasteiger charge is 2.43. The van der Waals surface area contributed by atoms with Crippen LogP contribution in [0.4, 0.5) is 0 Å². The van der Waals surface area contributed by atoms with E-state index in [1.54, 1.807) is 0 Å². The Hall–Kier alpha value is -0.930. The first-order valence-electron chi connectivity index (χ1n) is 7.57. The molecule has 0 bridgehead atoms. The molecule has 1 aromatic rings. The van der Waals surface area contributed by atoms with Gasteiger partial charge in [-0.1, -0.05) is 32.8 Å². The summed E-state index contributed by atoms with van der Waals surface area (Å²) < 4.78 is 0. The fourth-order valence-corrected chi connectivity index (χ4v) is 3.64. The van der Waals surface area contributed by atoms with Crippen LogP contribution in [-0.4, -0.2) is 28.5 Å². The summed E-state index contributed by atoms with van der Waals surface area (Å²) >= 11 is 0. The normalized spacial score (nSPS) is 19.8. The van der Waals surface area contributed by atoms with Crippen molar-refractivity contribution in [3.63, 3.8) is 0 Å². The minimum absolute atomic E-state index is 0.0722. The number of aryl methyl sites for hydroxylation is 1. The average molecular weight is 261 g/mol. The van der Waals surface area contributed by atoms with Crippen LogP contribution in [-0.2, 0) is 0 Å². The van der Waals surface area contributed by atoms with E-state index in [1.165, 1.54) is 31.2 Å². The molecule has 0 spiro atoms. The van der Waals surface area contributed by atoms with Crippen LogP contribution in [0.2, 0.25) is 0 Å². The van der Waals surface area contributed by atoms with Gasteiger partial charge >= 0.3 is 0 Å². The lowest BCUT2D eigenvalue weighted by molar-refractivity contribution is 0.0769. The van der Waals surface area contributed by atoms with Gasteiger partial charge in [0.2, 0.25) is 0 Å². The molecule has 3 nitrogen and oxygen atoms in total. The number of rotatable bonds is 5. The first kappa shape index (κ1) is 14.5. The van der Waals surface area contributed by atoms with Gasteiger partial charge in [-0.25, -0.2) is 0 Å². The number of likely N-dealkylation sites (N-methyl/N-ethyl adjacent to an activating group) is 1. The first-order valence-corrected chi connectivity index (χ1v) is 7.57. The summed E-state index contributed by atoms with van der Waals surface area (Å²) in [4.78, 5) is 6.98. The molecule has 0 aromatic carbocycles. The summed E-state index contributed by atoms with van der Waals surface area (Å²) in [6.07, 6.45) is 6.98. The van der Waals surface area contributed by atoms with Gasteiger partial charge in [-0.15, -0.1) is 0 Å². The van der Waals surface area contributed by atoms with Gasteiger partial charge < -0.3 is 5.73 Å². The van der Waals surface area contributed by atoms with Crippen molar-refractivity contribution in [2.24, 2.45) is 5.73 Å². The molecule has 106 valence electrons. The van der Waals surface area contributed by atoms with Crippen LogP contribution in [0.15, 0.2) is 18.3 Å². The summed E-state index contributed by atoms with van der Waals surface area (Å²) in [6.45, 7) is 8.64. The number of hydrogen-bond donors (Lipinski definition) is 1. The van der Waals surface area contributed by atoms with E-state index in [9.17, 15) is 0 Å². The van der Waals surface area contributed by atoms with E-state index in [1.807, 2.05) is 13.1 Å². The Kier molecular flexibility index (Phi) is 4.58. The quantitative estimate of drug-likeness (QED) is 0.886. The summed E-state index contributed by atoms with van der Waals surface area (Å²) in [5.74, 6) is 0. The zero-order valence-corrected chi connectivity index (χ0v) is 12.5. The van der Waals surface area contributed by atoms with Crippen molar-refractivity contribution in [2.75, 3.05) is 13.1 Å². The third kappa shape index (κ3) is 2.67. The Morgan fingerprint density at radius 3 is 2.37 bits per heavy atom. The first-order chi connectivity index (χ1) is 9.14. The zero-order valence-electron chi connectivity index (χ0n) is 12.5. The second kappa shape index (κ2) is 6.02. The lowest BCUT2D eigenvalue weighted by Gasteiger charge is -2.45. The second-order valence-corrected chi connectivity index (χ2v) is 5.69. The van der Waals surface area contributed by atoms with E-state index >= 15 is 0 Å². The van der Waals surface area contributed by atoms with E-state index in [0.29, 0.717) is 0 Å². The molecule has 1 fully saturated rings. The molecule has 0 radical (unpaired) electrons. The summed E-state index contributed by atoms with van der Waals surface area (Å²) in [6, 6.07) is 4.29. The molecule has 0 saturated heterocycles. The van der Waals surface area contributed by atoms with Crippen LogP contribution < -0.4 is 5.73 Å². The van der Waals surface area contributed by atoms with Gasteiger partial charge in [0.1, 0.15) is 0 Å². The lowest BCUT2D eigenvalue weighted by atomic mass is 9.83. The lowest BCUT2D eigenvalue weighted by Crippen LogP contribution is -2.53. The largest absolute Gasteiger partial charge is 0.322 e. The van der Waals surface area contributed by atoms with Gasteiger partial charge in [0, 0.05) is 23.5 Å². The SMILES string of the molecule is CCN(CC)C1(C(N)c2ccc(C)nc2)CCCC1. The molecule has 1 aliphatic carbocycles. The second-order valence-electron chi connectivity index (χ2n) is 5.69. The third-order valence-electron chi connectivity index (χ3n) is 4.73. The van der Waals surface area contributed by atoms with Crippen molar-refractivity contribution < 1.29 is 0 Å². The number of pyridine rings is 1. The number of nitrogens with zero attached hydrogens (tertiary/aromatic N) is 2. The fraction of sp³-hybridized carbons (Fsp3) is 0.688. The van der Waals surface area contributed by atoms with E-state index in [4.69, 9.17) is 5.73 Å². The van der Waals surface area contributed by atoms with Gasteiger partial charge in [0.25, 0.3) is 0 Å². The zero-order chi connectivity index (χ0) is 13.9. The monoisotopic (exact) mass is 261 g/mol. The van der Waals surface area contributed by atoms with Gasteiger partial charge in [0.15, 0.2) is 0 Å². The summed E-state index contributed by atoms with van der Waals surface area (Å²) in [5.41, 5.74) is 9.03. The predicted octanol–water partition coefficient (Wildman–Crippen LogP) is 3.04. The van der Waals surface area contributed by atoms with Crippen molar-refractivity contribution in [1.29, 1.82) is 0 Å². The standard InChI is InChI=1S/C16H27N3/c1-4-19(5-2)16(10-6-7-11-16)15(17)14-9-8-13(3)18-12-14/h8-9,12,15H,4-7,10-11,17H2,1-3H3. The maximum atomic E-state index is 6.66. The van der Waals surface area contributed by atoms with Crippen LogP contribution >= 0.6 is 0 Å². The molecule has 1 atom stereocenters. The van der Waals surface area contributed by atoms with Crippen molar-refractivity contribution in [3.05, 3.63) is 29.6 Å². The summed E-state index contributed by atoms with van der Waals surface area (Å²) in [5, 5.41) is 0. The molecule has 2 N–H and O–H groups in total. The smallest absolute Gasteiger partial charge is 0.0497 e. The molecular weight excluding hydrogens is 234 g/mol. The number of aromatic nitrogens is 1. The van der Waals surface area contributed by atoms with Gasteiger partial charge in [0.05, 0.1) is 0 Å². The average Bonchev–Trinajstić information content (AvgIpc) is 2.91. The molecule has 19 heavy (non-hydrogen) atoms. The van der Waals surface area contributed by atoms with Gasteiger partial charge in [-0.2, -0.15) is 0 Å². The Morgan fingerprint density at radius 1 is 1.26 bits per heavy atom. The fourth-order valence-electron chi connectivity index (χ4n) is 3.64. The Bertz CT molecular complexity index is 389. The number of hydrogen-bond acceptors (Lipinski definition) is 3. The molecule has 1 aromatic heterocycles. The van der Waals surface area contributed by atoms with E-state index in [2.05, 4.69) is 35.9 Å². The van der Waals surface area contributed by atoms with Crippen molar-refractivity contribution >= 4 is 0 Å². The van der Waals surface area contributed by atoms with Crippen LogP contribution in [0.1, 0.15) is 56.8 Å². The third-order valence-corrected chi connectivity index (χ3v) is 4.73. The maximum Gasteiger partial charge on any atom is 0.0497 e. The topological polar surface area (TPSA) is 42.1 Å². The number of nitrogens with two attached hydrogens (primary N) is 1. The molecular formula is C16H27N3. The predicted molar refractivity (Wildman–Crippen MR) is 80.0 cm³/mol. The molecule has 1 heterocycles. The van der Waals surface area contributed by atoms with Crippen molar-refractivity contribution in [3.8, 4) is 0 Å². The van der Waals surface area contributed by atoms with E-state index in [-0.39, 0.29) is 11.6 Å².